The van der Waals surface area contributed by atoms with Gasteiger partial charge in [0.2, 0.25) is 0 Å². The first-order valence-corrected chi connectivity index (χ1v) is 11.9. The van der Waals surface area contributed by atoms with E-state index in [1.807, 2.05) is 54.7 Å². The summed E-state index contributed by atoms with van der Waals surface area (Å²) < 4.78 is 8.34. The minimum absolute atomic E-state index is 0.0383. The van der Waals surface area contributed by atoms with Gasteiger partial charge < -0.3 is 19.5 Å². The minimum Gasteiger partial charge on any atom is -0.457 e. The zero-order chi connectivity index (χ0) is 23.7. The molecule has 34 heavy (non-hydrogen) atoms. The molecule has 172 valence electrons. The van der Waals surface area contributed by atoms with Crippen LogP contribution in [0.1, 0.15) is 48.9 Å². The molecule has 2 aromatic heterocycles. The molecule has 3 heterocycles. The first kappa shape index (κ1) is 22.2. The average molecular weight is 469 g/mol. The molecule has 0 saturated carbocycles. The number of hydrogen-bond donors (Lipinski definition) is 1. The van der Waals surface area contributed by atoms with Crippen molar-refractivity contribution in [2.75, 3.05) is 4.90 Å². The molecule has 6 heteroatoms. The number of benzene rings is 2. The van der Waals surface area contributed by atoms with Crippen LogP contribution < -0.4 is 15.0 Å². The molecule has 0 spiro atoms. The van der Waals surface area contributed by atoms with Crippen molar-refractivity contribution in [2.24, 2.45) is 0 Å². The highest BCUT2D eigenvalue weighted by Crippen LogP contribution is 2.42. The normalized spacial score (nSPS) is 17.8. The molecule has 1 N–H and O–H groups in total. The van der Waals surface area contributed by atoms with Crippen LogP contribution in [-0.4, -0.2) is 14.7 Å². The lowest BCUT2D eigenvalue weighted by atomic mass is 10.0. The van der Waals surface area contributed by atoms with Gasteiger partial charge in [0.15, 0.2) is 5.11 Å². The Kier molecular flexibility index (Phi) is 6.07. The van der Waals surface area contributed by atoms with E-state index in [9.17, 15) is 0 Å². The number of aryl methyl sites for hydroxylation is 1. The van der Waals surface area contributed by atoms with Gasteiger partial charge in [-0.3, -0.25) is 4.98 Å². The van der Waals surface area contributed by atoms with E-state index in [-0.39, 0.29) is 12.1 Å². The van der Waals surface area contributed by atoms with E-state index in [0.717, 1.165) is 22.9 Å². The van der Waals surface area contributed by atoms with Gasteiger partial charge in [0.1, 0.15) is 17.5 Å². The molecule has 0 unspecified atom stereocenters. The van der Waals surface area contributed by atoms with E-state index in [1.54, 1.807) is 0 Å². The first-order valence-electron chi connectivity index (χ1n) is 11.5. The molecule has 5 rings (SSSR count). The topological polar surface area (TPSA) is 42.3 Å². The highest BCUT2D eigenvalue weighted by Gasteiger charge is 2.42. The zero-order valence-corrected chi connectivity index (χ0v) is 20.4. The van der Waals surface area contributed by atoms with Gasteiger partial charge in [0, 0.05) is 29.8 Å². The number of anilines is 1. The van der Waals surface area contributed by atoms with Crippen LogP contribution in [0.3, 0.4) is 0 Å². The zero-order valence-electron chi connectivity index (χ0n) is 19.6. The van der Waals surface area contributed by atoms with Crippen molar-refractivity contribution in [2.45, 2.75) is 38.9 Å². The standard InChI is InChI=1S/C28H28N4OS/c1-19(2)31-18-6-8-25(31)27-26(24-7-4-5-17-29-24)30-28(34)32(27)21-11-15-23(16-12-21)33-22-13-9-20(3)10-14-22/h4-19,26-27H,1-3H3,(H,30,34)/t26-,27+/m1/s1. The number of nitrogens with one attached hydrogen (secondary N) is 1. The molecule has 1 aliphatic rings. The predicted octanol–water partition coefficient (Wildman–Crippen LogP) is 6.74. The van der Waals surface area contributed by atoms with Gasteiger partial charge in [-0.1, -0.05) is 23.8 Å². The lowest BCUT2D eigenvalue weighted by molar-refractivity contribution is 0.482. The third-order valence-corrected chi connectivity index (χ3v) is 6.46. The third-order valence-electron chi connectivity index (χ3n) is 6.14. The Morgan fingerprint density at radius 1 is 0.912 bits per heavy atom. The summed E-state index contributed by atoms with van der Waals surface area (Å²) in [6.45, 7) is 6.46. The maximum absolute atomic E-state index is 6.04. The van der Waals surface area contributed by atoms with Crippen LogP contribution in [0.15, 0.2) is 91.3 Å². The number of ether oxygens (including phenoxy) is 1. The fourth-order valence-electron chi connectivity index (χ4n) is 4.48. The number of rotatable bonds is 6. The Balaban J connectivity index is 1.50. The molecule has 2 aromatic carbocycles. The Morgan fingerprint density at radius 2 is 1.62 bits per heavy atom. The smallest absolute Gasteiger partial charge is 0.174 e. The minimum atomic E-state index is -0.0652. The van der Waals surface area contributed by atoms with Crippen molar-refractivity contribution in [1.82, 2.24) is 14.9 Å². The van der Waals surface area contributed by atoms with Crippen LogP contribution in [0.25, 0.3) is 0 Å². The molecule has 0 amide bonds. The molecule has 2 atom stereocenters. The van der Waals surface area contributed by atoms with Gasteiger partial charge in [-0.25, -0.2) is 0 Å². The summed E-state index contributed by atoms with van der Waals surface area (Å²) in [4.78, 5) is 6.84. The van der Waals surface area contributed by atoms with Crippen LogP contribution in [0.5, 0.6) is 11.5 Å². The van der Waals surface area contributed by atoms with E-state index < -0.39 is 0 Å². The second-order valence-corrected chi connectivity index (χ2v) is 9.23. The number of hydrogen-bond acceptors (Lipinski definition) is 3. The van der Waals surface area contributed by atoms with E-state index in [2.05, 4.69) is 77.1 Å². The van der Waals surface area contributed by atoms with Gasteiger partial charge >= 0.3 is 0 Å². The van der Waals surface area contributed by atoms with Crippen LogP contribution in [0.2, 0.25) is 0 Å². The van der Waals surface area contributed by atoms with Crippen molar-refractivity contribution in [3.8, 4) is 11.5 Å². The maximum atomic E-state index is 6.04. The largest absolute Gasteiger partial charge is 0.457 e. The fraction of sp³-hybridized carbons (Fsp3) is 0.214. The number of nitrogens with zero attached hydrogens (tertiary/aromatic N) is 3. The number of thiocarbonyl (C=S) groups is 1. The summed E-state index contributed by atoms with van der Waals surface area (Å²) in [5.41, 5.74) is 4.37. The molecule has 0 bridgehead atoms. The summed E-state index contributed by atoms with van der Waals surface area (Å²) >= 11 is 5.86. The Bertz CT molecular complexity index is 1270. The monoisotopic (exact) mass is 468 g/mol. The van der Waals surface area contributed by atoms with Crippen molar-refractivity contribution < 1.29 is 4.74 Å². The Hall–Kier alpha value is -3.64. The highest BCUT2D eigenvalue weighted by molar-refractivity contribution is 7.80. The Morgan fingerprint density at radius 3 is 2.26 bits per heavy atom. The third kappa shape index (κ3) is 4.29. The quantitative estimate of drug-likeness (QED) is 0.317. The first-order chi connectivity index (χ1) is 16.5. The SMILES string of the molecule is Cc1ccc(Oc2ccc(N3C(=S)N[C@H](c4ccccn4)[C@@H]3c3cccn3C(C)C)cc2)cc1. The highest BCUT2D eigenvalue weighted by atomic mass is 32.1. The predicted molar refractivity (Wildman–Crippen MR) is 140 cm³/mol. The molecule has 0 aliphatic carbocycles. The second-order valence-electron chi connectivity index (χ2n) is 8.84. The lowest BCUT2D eigenvalue weighted by Crippen LogP contribution is -2.30. The molecule has 1 saturated heterocycles. The molecule has 5 nitrogen and oxygen atoms in total. The maximum Gasteiger partial charge on any atom is 0.174 e. The van der Waals surface area contributed by atoms with Gasteiger partial charge in [-0.15, -0.1) is 0 Å². The average Bonchev–Trinajstić information content (AvgIpc) is 3.46. The van der Waals surface area contributed by atoms with Crippen LogP contribution in [0, 0.1) is 6.92 Å². The van der Waals surface area contributed by atoms with Crippen molar-refractivity contribution in [3.05, 3.63) is 108 Å². The summed E-state index contributed by atoms with van der Waals surface area (Å²) in [6.07, 6.45) is 3.96. The molecule has 1 fully saturated rings. The lowest BCUT2D eigenvalue weighted by Gasteiger charge is -2.30. The van der Waals surface area contributed by atoms with Gasteiger partial charge in [-0.05, 0) is 93.7 Å². The van der Waals surface area contributed by atoms with E-state index in [1.165, 1.54) is 11.3 Å². The molecular weight excluding hydrogens is 440 g/mol. The Labute approximate surface area is 206 Å². The van der Waals surface area contributed by atoms with Gasteiger partial charge in [0.25, 0.3) is 0 Å². The van der Waals surface area contributed by atoms with Crippen molar-refractivity contribution in [1.29, 1.82) is 0 Å². The summed E-state index contributed by atoms with van der Waals surface area (Å²) in [6, 6.07) is 26.7. The summed E-state index contributed by atoms with van der Waals surface area (Å²) in [7, 11) is 0. The number of aromatic nitrogens is 2. The molecule has 0 radical (unpaired) electrons. The second kappa shape index (κ2) is 9.31. The summed E-state index contributed by atoms with van der Waals surface area (Å²) in [5.74, 6) is 1.61. The van der Waals surface area contributed by atoms with Crippen molar-refractivity contribution in [3.63, 3.8) is 0 Å². The van der Waals surface area contributed by atoms with Gasteiger partial charge in [0.05, 0.1) is 11.7 Å². The fourth-order valence-corrected chi connectivity index (χ4v) is 4.82. The van der Waals surface area contributed by atoms with Crippen LogP contribution >= 0.6 is 12.2 Å². The van der Waals surface area contributed by atoms with Crippen LogP contribution in [-0.2, 0) is 0 Å². The van der Waals surface area contributed by atoms with Gasteiger partial charge in [-0.2, -0.15) is 0 Å². The molecular formula is C28H28N4OS. The molecule has 4 aromatic rings. The number of pyridine rings is 1. The molecule has 1 aliphatic heterocycles. The van der Waals surface area contributed by atoms with E-state index in [0.29, 0.717) is 11.2 Å². The van der Waals surface area contributed by atoms with Crippen LogP contribution in [0.4, 0.5) is 5.69 Å². The summed E-state index contributed by atoms with van der Waals surface area (Å²) in [5, 5.41) is 4.22. The van der Waals surface area contributed by atoms with Crippen molar-refractivity contribution >= 4 is 23.0 Å². The van der Waals surface area contributed by atoms with E-state index in [4.69, 9.17) is 17.0 Å². The van der Waals surface area contributed by atoms with E-state index >= 15 is 0 Å².